The lowest BCUT2D eigenvalue weighted by molar-refractivity contribution is -0.123. The van der Waals surface area contributed by atoms with Crippen molar-refractivity contribution in [1.82, 2.24) is 5.32 Å². The van der Waals surface area contributed by atoms with Crippen LogP contribution in [0.5, 0.6) is 0 Å². The van der Waals surface area contributed by atoms with E-state index in [0.29, 0.717) is 5.56 Å². The molecule has 1 amide bonds. The van der Waals surface area contributed by atoms with Gasteiger partial charge in [0.15, 0.2) is 6.61 Å². The lowest BCUT2D eigenvalue weighted by Gasteiger charge is -2.05. The van der Waals surface area contributed by atoms with Crippen LogP contribution in [0.3, 0.4) is 0 Å². The maximum atomic E-state index is 11.6. The highest BCUT2D eigenvalue weighted by molar-refractivity contribution is 5.91. The van der Waals surface area contributed by atoms with Gasteiger partial charge in [-0.3, -0.25) is 4.79 Å². The quantitative estimate of drug-likeness (QED) is 0.625. The van der Waals surface area contributed by atoms with E-state index in [2.05, 4.69) is 11.2 Å². The number of hydrogen-bond donors (Lipinski definition) is 1. The second kappa shape index (κ2) is 7.13. The zero-order valence-electron chi connectivity index (χ0n) is 10.2. The number of carbonyl (C=O) groups excluding carboxylic acids is 2. The fraction of sp³-hybridized carbons (Fsp3) is 0.286. The molecule has 0 radical (unpaired) electrons. The molecule has 4 heteroatoms. The fourth-order valence-corrected chi connectivity index (χ4v) is 1.29. The van der Waals surface area contributed by atoms with Gasteiger partial charge in [-0.15, -0.1) is 6.42 Å². The maximum Gasteiger partial charge on any atom is 0.338 e. The lowest BCUT2D eigenvalue weighted by atomic mass is 10.1. The molecule has 0 atom stereocenters. The van der Waals surface area contributed by atoms with Crippen LogP contribution in [0.25, 0.3) is 0 Å². The lowest BCUT2D eigenvalue weighted by Crippen LogP contribution is -2.28. The molecule has 4 nitrogen and oxygen atoms in total. The minimum absolute atomic E-state index is 0.127. The van der Waals surface area contributed by atoms with Gasteiger partial charge in [0, 0.05) is 0 Å². The third kappa shape index (κ3) is 4.30. The third-order valence-electron chi connectivity index (χ3n) is 2.32. The summed E-state index contributed by atoms with van der Waals surface area (Å²) in [5, 5.41) is 2.41. The molecule has 0 aliphatic heterocycles. The van der Waals surface area contributed by atoms with Crippen molar-refractivity contribution in [3.63, 3.8) is 0 Å². The number of carbonyl (C=O) groups is 2. The standard InChI is InChI=1S/C14H15NO3/c1-3-9-15-13(16)10-18-14(17)12-7-5-11(4-2)6-8-12/h1,5-8H,4,9-10H2,2H3,(H,15,16). The van der Waals surface area contributed by atoms with Crippen LogP contribution in [0.15, 0.2) is 24.3 Å². The van der Waals surface area contributed by atoms with Gasteiger partial charge in [0.2, 0.25) is 0 Å². The molecule has 0 aliphatic rings. The van der Waals surface area contributed by atoms with Crippen LogP contribution in [0, 0.1) is 12.3 Å². The van der Waals surface area contributed by atoms with Crippen molar-refractivity contribution in [3.05, 3.63) is 35.4 Å². The monoisotopic (exact) mass is 245 g/mol. The summed E-state index contributed by atoms with van der Waals surface area (Å²) in [4.78, 5) is 22.7. The van der Waals surface area contributed by atoms with Crippen LogP contribution in [-0.4, -0.2) is 25.0 Å². The van der Waals surface area contributed by atoms with E-state index in [9.17, 15) is 9.59 Å². The summed E-state index contributed by atoms with van der Waals surface area (Å²) < 4.78 is 4.84. The smallest absolute Gasteiger partial charge is 0.338 e. The largest absolute Gasteiger partial charge is 0.452 e. The molecule has 94 valence electrons. The Balaban J connectivity index is 2.45. The van der Waals surface area contributed by atoms with E-state index in [1.807, 2.05) is 19.1 Å². The zero-order chi connectivity index (χ0) is 13.4. The third-order valence-corrected chi connectivity index (χ3v) is 2.32. The zero-order valence-corrected chi connectivity index (χ0v) is 10.2. The van der Waals surface area contributed by atoms with Crippen molar-refractivity contribution in [2.75, 3.05) is 13.2 Å². The Hall–Kier alpha value is -2.28. The van der Waals surface area contributed by atoms with E-state index in [0.717, 1.165) is 12.0 Å². The SMILES string of the molecule is C#CCNC(=O)COC(=O)c1ccc(CC)cc1. The number of nitrogens with one attached hydrogen (secondary N) is 1. The highest BCUT2D eigenvalue weighted by Crippen LogP contribution is 2.06. The number of benzene rings is 1. The molecule has 0 unspecified atom stereocenters. The molecule has 1 rings (SSSR count). The van der Waals surface area contributed by atoms with Crippen molar-refractivity contribution in [1.29, 1.82) is 0 Å². The Morgan fingerprint density at radius 3 is 2.56 bits per heavy atom. The number of terminal acetylenes is 1. The molecule has 0 aliphatic carbocycles. The van der Waals surface area contributed by atoms with Gasteiger partial charge in [-0.25, -0.2) is 4.79 Å². The minimum atomic E-state index is -0.520. The van der Waals surface area contributed by atoms with Gasteiger partial charge in [-0.05, 0) is 24.1 Å². The predicted octanol–water partition coefficient (Wildman–Crippen LogP) is 1.16. The Morgan fingerprint density at radius 2 is 2.00 bits per heavy atom. The molecular formula is C14H15NO3. The van der Waals surface area contributed by atoms with Crippen molar-refractivity contribution >= 4 is 11.9 Å². The van der Waals surface area contributed by atoms with Crippen LogP contribution in [-0.2, 0) is 16.0 Å². The summed E-state index contributed by atoms with van der Waals surface area (Å²) in [5.74, 6) is 1.33. The molecule has 0 spiro atoms. The molecule has 0 aromatic heterocycles. The molecule has 1 aromatic rings. The summed E-state index contributed by atoms with van der Waals surface area (Å²) >= 11 is 0. The summed E-state index contributed by atoms with van der Waals surface area (Å²) in [6, 6.07) is 7.07. The fourth-order valence-electron chi connectivity index (χ4n) is 1.29. The van der Waals surface area contributed by atoms with Crippen molar-refractivity contribution in [2.24, 2.45) is 0 Å². The summed E-state index contributed by atoms with van der Waals surface area (Å²) in [5.41, 5.74) is 1.57. The average Bonchev–Trinajstić information content (AvgIpc) is 2.42. The number of hydrogen-bond acceptors (Lipinski definition) is 3. The number of ether oxygens (including phenoxy) is 1. The minimum Gasteiger partial charge on any atom is -0.452 e. The first-order valence-electron chi connectivity index (χ1n) is 5.63. The number of esters is 1. The molecule has 1 N–H and O–H groups in total. The molecule has 1 aromatic carbocycles. The molecule has 0 bridgehead atoms. The molecule has 18 heavy (non-hydrogen) atoms. The predicted molar refractivity (Wildman–Crippen MR) is 67.9 cm³/mol. The normalized spacial score (nSPS) is 9.33. The first-order valence-corrected chi connectivity index (χ1v) is 5.63. The van der Waals surface area contributed by atoms with Crippen LogP contribution in [0.4, 0.5) is 0 Å². The molecule has 0 saturated carbocycles. The van der Waals surface area contributed by atoms with Gasteiger partial charge >= 0.3 is 5.97 Å². The van der Waals surface area contributed by atoms with E-state index in [1.165, 1.54) is 0 Å². The van der Waals surface area contributed by atoms with Crippen LogP contribution in [0.2, 0.25) is 0 Å². The molecule has 0 fully saturated rings. The van der Waals surface area contributed by atoms with Crippen LogP contribution >= 0.6 is 0 Å². The Kier molecular flexibility index (Phi) is 5.46. The average molecular weight is 245 g/mol. The van der Waals surface area contributed by atoms with Crippen molar-refractivity contribution in [3.8, 4) is 12.3 Å². The van der Waals surface area contributed by atoms with E-state index in [-0.39, 0.29) is 13.2 Å². The number of aryl methyl sites for hydroxylation is 1. The molecule has 0 heterocycles. The second-order valence-electron chi connectivity index (χ2n) is 3.61. The van der Waals surface area contributed by atoms with Crippen molar-refractivity contribution in [2.45, 2.75) is 13.3 Å². The van der Waals surface area contributed by atoms with E-state index >= 15 is 0 Å². The first kappa shape index (κ1) is 13.8. The molecule has 0 saturated heterocycles. The second-order valence-corrected chi connectivity index (χ2v) is 3.61. The van der Waals surface area contributed by atoms with Gasteiger partial charge in [0.1, 0.15) is 0 Å². The van der Waals surface area contributed by atoms with E-state index in [4.69, 9.17) is 11.2 Å². The summed E-state index contributed by atoms with van der Waals surface area (Å²) in [6.45, 7) is 1.83. The highest BCUT2D eigenvalue weighted by Gasteiger charge is 2.09. The highest BCUT2D eigenvalue weighted by atomic mass is 16.5. The Labute approximate surface area is 106 Å². The van der Waals surface area contributed by atoms with Crippen LogP contribution in [0.1, 0.15) is 22.8 Å². The van der Waals surface area contributed by atoms with Gasteiger partial charge < -0.3 is 10.1 Å². The summed E-state index contributed by atoms with van der Waals surface area (Å²) in [7, 11) is 0. The van der Waals surface area contributed by atoms with E-state index < -0.39 is 11.9 Å². The molecular weight excluding hydrogens is 230 g/mol. The van der Waals surface area contributed by atoms with Gasteiger partial charge in [-0.1, -0.05) is 25.0 Å². The van der Waals surface area contributed by atoms with Gasteiger partial charge in [-0.2, -0.15) is 0 Å². The Bertz CT molecular complexity index is 457. The van der Waals surface area contributed by atoms with Crippen molar-refractivity contribution < 1.29 is 14.3 Å². The maximum absolute atomic E-state index is 11.6. The summed E-state index contributed by atoms with van der Waals surface area (Å²) in [6.07, 6.45) is 5.89. The van der Waals surface area contributed by atoms with Gasteiger partial charge in [0.05, 0.1) is 12.1 Å². The van der Waals surface area contributed by atoms with Crippen LogP contribution < -0.4 is 5.32 Å². The first-order chi connectivity index (χ1) is 8.67. The Morgan fingerprint density at radius 1 is 1.33 bits per heavy atom. The number of rotatable bonds is 5. The number of amides is 1. The topological polar surface area (TPSA) is 55.4 Å². The van der Waals surface area contributed by atoms with Gasteiger partial charge in [0.25, 0.3) is 5.91 Å². The van der Waals surface area contributed by atoms with E-state index in [1.54, 1.807) is 12.1 Å².